The van der Waals surface area contributed by atoms with Crippen LogP contribution in [0.25, 0.3) is 0 Å². The summed E-state index contributed by atoms with van der Waals surface area (Å²) in [5.41, 5.74) is 7.43. The summed E-state index contributed by atoms with van der Waals surface area (Å²) in [6, 6.07) is -0.271. The fourth-order valence-corrected chi connectivity index (χ4v) is 2.38. The zero-order valence-corrected chi connectivity index (χ0v) is 9.19. The van der Waals surface area contributed by atoms with Gasteiger partial charge in [-0.25, -0.2) is 4.98 Å². The van der Waals surface area contributed by atoms with Crippen LogP contribution in [0.1, 0.15) is 17.4 Å². The van der Waals surface area contributed by atoms with Crippen LogP contribution < -0.4 is 5.73 Å². The van der Waals surface area contributed by atoms with E-state index >= 15 is 0 Å². The van der Waals surface area contributed by atoms with Crippen molar-refractivity contribution in [3.63, 3.8) is 0 Å². The van der Waals surface area contributed by atoms with E-state index in [-0.39, 0.29) is 6.04 Å². The van der Waals surface area contributed by atoms with Gasteiger partial charge in [0, 0.05) is 13.0 Å². The van der Waals surface area contributed by atoms with Gasteiger partial charge in [0.2, 0.25) is 0 Å². The molecule has 1 aliphatic heterocycles. The summed E-state index contributed by atoms with van der Waals surface area (Å²) in [6.45, 7) is 0.639. The number of nitrogens with two attached hydrogens (primary N) is 1. The van der Waals surface area contributed by atoms with Crippen LogP contribution in [0, 0.1) is 0 Å². The van der Waals surface area contributed by atoms with Gasteiger partial charge in [-0.15, -0.1) is 0 Å². The maximum Gasteiger partial charge on any atom is 0.146 e. The van der Waals surface area contributed by atoms with E-state index in [1.807, 2.05) is 4.57 Å². The van der Waals surface area contributed by atoms with Crippen molar-refractivity contribution in [1.82, 2.24) is 9.55 Å². The quantitative estimate of drug-likeness (QED) is 0.542. The Hall–Kier alpha value is -1.66. The average molecular weight is 234 g/mol. The Morgan fingerprint density at radius 3 is 2.88 bits per heavy atom. The third-order valence-corrected chi connectivity index (χ3v) is 3.30. The molecule has 0 radical (unpaired) electrons. The molecule has 6 heteroatoms. The molecule has 90 valence electrons. The van der Waals surface area contributed by atoms with E-state index in [0.717, 1.165) is 12.1 Å². The van der Waals surface area contributed by atoms with Gasteiger partial charge >= 0.3 is 0 Å². The Kier molecular flexibility index (Phi) is 2.27. The lowest BCUT2D eigenvalue weighted by Crippen LogP contribution is -2.30. The molecule has 0 amide bonds. The molecule has 0 saturated heterocycles. The van der Waals surface area contributed by atoms with Crippen molar-refractivity contribution < 1.29 is 10.2 Å². The second-order valence-electron chi connectivity index (χ2n) is 4.32. The molecule has 1 aromatic heterocycles. The average Bonchev–Trinajstić information content (AvgIpc) is 2.86. The fraction of sp³-hybridized carbons (Fsp3) is 0.455. The van der Waals surface area contributed by atoms with Crippen molar-refractivity contribution in [3.05, 3.63) is 29.9 Å². The third kappa shape index (κ3) is 1.49. The minimum Gasteiger partial charge on any atom is -0.388 e. The molecule has 0 fully saturated rings. The van der Waals surface area contributed by atoms with Crippen molar-refractivity contribution in [2.24, 2.45) is 10.7 Å². The van der Waals surface area contributed by atoms with Crippen molar-refractivity contribution >= 4 is 5.84 Å². The number of aromatic nitrogens is 2. The highest BCUT2D eigenvalue weighted by Crippen LogP contribution is 2.27. The van der Waals surface area contributed by atoms with Crippen LogP contribution in [-0.2, 0) is 6.42 Å². The van der Waals surface area contributed by atoms with Crippen LogP contribution in [0.5, 0.6) is 0 Å². The van der Waals surface area contributed by atoms with Crippen LogP contribution in [0.2, 0.25) is 0 Å². The van der Waals surface area contributed by atoms with Gasteiger partial charge in [-0.05, 0) is 0 Å². The first-order valence-electron chi connectivity index (χ1n) is 5.59. The van der Waals surface area contributed by atoms with Gasteiger partial charge in [-0.1, -0.05) is 12.2 Å². The summed E-state index contributed by atoms with van der Waals surface area (Å²) in [5.74, 6) is 0.446. The van der Waals surface area contributed by atoms with Crippen molar-refractivity contribution in [2.45, 2.75) is 24.7 Å². The van der Waals surface area contributed by atoms with E-state index in [1.165, 1.54) is 0 Å². The van der Waals surface area contributed by atoms with Gasteiger partial charge in [0.15, 0.2) is 0 Å². The Labute approximate surface area is 98.1 Å². The zero-order chi connectivity index (χ0) is 12.0. The molecule has 0 saturated carbocycles. The Bertz CT molecular complexity index is 506. The molecule has 0 aromatic carbocycles. The second-order valence-corrected chi connectivity index (χ2v) is 4.32. The zero-order valence-electron chi connectivity index (χ0n) is 9.19. The number of aliphatic hydroxyl groups is 2. The molecule has 17 heavy (non-hydrogen) atoms. The topological polar surface area (TPSA) is 96.7 Å². The normalized spacial score (nSPS) is 31.4. The lowest BCUT2D eigenvalue weighted by Gasteiger charge is -2.21. The Balaban J connectivity index is 2.01. The summed E-state index contributed by atoms with van der Waals surface area (Å²) in [7, 11) is 0. The summed E-state index contributed by atoms with van der Waals surface area (Å²) in [5, 5.41) is 19.4. The standard InChI is InChI=1S/C11H14N4O2/c12-11-9-6(3-4-13-11)15(5-14-9)7-1-2-8(16)10(7)17/h1-2,5,7-8,10,16-17H,3-4H2,(H2,12,13)/t7-,8-,10+/m1/s1. The van der Waals surface area contributed by atoms with Crippen molar-refractivity contribution in [3.8, 4) is 0 Å². The number of aliphatic imine (C=N–C) groups is 1. The molecule has 1 aromatic rings. The van der Waals surface area contributed by atoms with Crippen LogP contribution in [0.3, 0.4) is 0 Å². The monoisotopic (exact) mass is 234 g/mol. The summed E-state index contributed by atoms with van der Waals surface area (Å²) < 4.78 is 1.87. The molecule has 2 heterocycles. The number of hydrogen-bond acceptors (Lipinski definition) is 5. The number of fused-ring (bicyclic) bond motifs is 1. The van der Waals surface area contributed by atoms with Crippen LogP contribution in [0.4, 0.5) is 0 Å². The van der Waals surface area contributed by atoms with E-state index in [0.29, 0.717) is 18.1 Å². The molecule has 0 bridgehead atoms. The molecule has 1 aliphatic carbocycles. The highest BCUT2D eigenvalue weighted by atomic mass is 16.3. The lowest BCUT2D eigenvalue weighted by molar-refractivity contribution is 0.0362. The molecule has 0 spiro atoms. The molecule has 3 atom stereocenters. The van der Waals surface area contributed by atoms with Gasteiger partial charge < -0.3 is 20.5 Å². The van der Waals surface area contributed by atoms with Gasteiger partial charge in [0.25, 0.3) is 0 Å². The first-order chi connectivity index (χ1) is 8.18. The summed E-state index contributed by atoms with van der Waals surface area (Å²) in [4.78, 5) is 8.36. The van der Waals surface area contributed by atoms with Gasteiger partial charge in [0.05, 0.1) is 18.1 Å². The molecule has 6 nitrogen and oxygen atoms in total. The van der Waals surface area contributed by atoms with Crippen molar-refractivity contribution in [2.75, 3.05) is 6.54 Å². The lowest BCUT2D eigenvalue weighted by atomic mass is 10.1. The highest BCUT2D eigenvalue weighted by molar-refractivity contribution is 5.97. The maximum absolute atomic E-state index is 9.87. The minimum atomic E-state index is -0.826. The minimum absolute atomic E-state index is 0.271. The van der Waals surface area contributed by atoms with E-state index in [2.05, 4.69) is 9.98 Å². The third-order valence-electron chi connectivity index (χ3n) is 3.30. The van der Waals surface area contributed by atoms with E-state index in [1.54, 1.807) is 18.5 Å². The molecular weight excluding hydrogens is 220 g/mol. The molecular formula is C11H14N4O2. The van der Waals surface area contributed by atoms with E-state index in [4.69, 9.17) is 5.73 Å². The highest BCUT2D eigenvalue weighted by Gasteiger charge is 2.32. The number of amidine groups is 1. The van der Waals surface area contributed by atoms with E-state index in [9.17, 15) is 10.2 Å². The molecule has 0 unspecified atom stereocenters. The first kappa shape index (κ1) is 10.5. The predicted octanol–water partition coefficient (Wildman–Crippen LogP) is -1.02. The largest absolute Gasteiger partial charge is 0.388 e. The summed E-state index contributed by atoms with van der Waals surface area (Å²) >= 11 is 0. The fourth-order valence-electron chi connectivity index (χ4n) is 2.38. The smallest absolute Gasteiger partial charge is 0.146 e. The van der Waals surface area contributed by atoms with Gasteiger partial charge in [-0.2, -0.15) is 0 Å². The number of nitrogens with zero attached hydrogens (tertiary/aromatic N) is 3. The second kappa shape index (κ2) is 3.68. The van der Waals surface area contributed by atoms with Crippen LogP contribution >= 0.6 is 0 Å². The SMILES string of the molecule is NC1=NCCc2c1ncn2[C@@H]1C=C[C@@H](O)[C@H]1O. The maximum atomic E-state index is 9.87. The van der Waals surface area contributed by atoms with Gasteiger partial charge in [-0.3, -0.25) is 4.99 Å². The summed E-state index contributed by atoms with van der Waals surface area (Å²) in [6.07, 6.45) is 4.15. The predicted molar refractivity (Wildman–Crippen MR) is 61.7 cm³/mol. The Morgan fingerprint density at radius 2 is 2.18 bits per heavy atom. The van der Waals surface area contributed by atoms with Crippen LogP contribution in [0.15, 0.2) is 23.5 Å². The first-order valence-corrected chi connectivity index (χ1v) is 5.59. The number of rotatable bonds is 1. The van der Waals surface area contributed by atoms with E-state index < -0.39 is 12.2 Å². The molecule has 2 aliphatic rings. The van der Waals surface area contributed by atoms with Crippen LogP contribution in [-0.4, -0.2) is 44.4 Å². The number of hydrogen-bond donors (Lipinski definition) is 3. The molecule has 4 N–H and O–H groups in total. The number of aliphatic hydroxyl groups excluding tert-OH is 2. The number of imidazole rings is 1. The molecule has 3 rings (SSSR count). The Morgan fingerprint density at radius 1 is 1.35 bits per heavy atom. The van der Waals surface area contributed by atoms with Gasteiger partial charge in [0.1, 0.15) is 23.7 Å². The van der Waals surface area contributed by atoms with Crippen molar-refractivity contribution in [1.29, 1.82) is 0 Å².